The van der Waals surface area contributed by atoms with Gasteiger partial charge in [0.05, 0.1) is 18.4 Å². The molecule has 0 fully saturated rings. The standard InChI is InChI=1S/C24H30N2O4S2/c1-3-9-20(27)25-16-10-8-11-17(14-16)31-15-21(28)26-23-22(24(29)30-2)18-12-6-4-5-7-13-19(18)32-23/h8,10-11,14H,3-7,9,12-13,15H2,1-2H3,(H,25,27)(H,26,28). The van der Waals surface area contributed by atoms with Gasteiger partial charge in [-0.05, 0) is 55.9 Å². The first-order valence-electron chi connectivity index (χ1n) is 11.1. The number of carbonyl (C=O) groups is 3. The van der Waals surface area contributed by atoms with Crippen molar-refractivity contribution in [1.29, 1.82) is 0 Å². The number of benzene rings is 1. The summed E-state index contributed by atoms with van der Waals surface area (Å²) in [4.78, 5) is 39.1. The van der Waals surface area contributed by atoms with Crippen LogP contribution < -0.4 is 10.6 Å². The third-order valence-electron chi connectivity index (χ3n) is 5.28. The zero-order chi connectivity index (χ0) is 22.9. The highest BCUT2D eigenvalue weighted by Crippen LogP contribution is 2.37. The molecule has 1 aromatic carbocycles. The molecule has 0 saturated heterocycles. The Morgan fingerprint density at radius 1 is 1.06 bits per heavy atom. The average molecular weight is 475 g/mol. The number of thiophene rings is 1. The molecule has 0 unspecified atom stereocenters. The third kappa shape index (κ3) is 6.59. The number of anilines is 2. The summed E-state index contributed by atoms with van der Waals surface area (Å²) in [5.41, 5.74) is 2.29. The third-order valence-corrected chi connectivity index (χ3v) is 7.48. The molecule has 6 nitrogen and oxygen atoms in total. The molecule has 0 atom stereocenters. The van der Waals surface area contributed by atoms with Crippen LogP contribution in [0.4, 0.5) is 10.7 Å². The molecule has 0 bridgehead atoms. The number of fused-ring (bicyclic) bond motifs is 1. The van der Waals surface area contributed by atoms with Crippen molar-refractivity contribution in [2.75, 3.05) is 23.5 Å². The second-order valence-electron chi connectivity index (χ2n) is 7.78. The van der Waals surface area contributed by atoms with Crippen molar-refractivity contribution < 1.29 is 19.1 Å². The van der Waals surface area contributed by atoms with E-state index in [2.05, 4.69) is 10.6 Å². The molecule has 2 amide bonds. The summed E-state index contributed by atoms with van der Waals surface area (Å²) in [5.74, 6) is -0.373. The predicted octanol–water partition coefficient (Wildman–Crippen LogP) is 5.66. The molecular formula is C24H30N2O4S2. The molecule has 1 aliphatic carbocycles. The Balaban J connectivity index is 1.67. The van der Waals surface area contributed by atoms with Crippen LogP contribution in [-0.2, 0) is 27.2 Å². The summed E-state index contributed by atoms with van der Waals surface area (Å²) >= 11 is 2.89. The van der Waals surface area contributed by atoms with Gasteiger partial charge in [0, 0.05) is 21.9 Å². The molecule has 0 aliphatic heterocycles. The number of hydrogen-bond donors (Lipinski definition) is 2. The molecule has 8 heteroatoms. The first-order chi connectivity index (χ1) is 15.5. The average Bonchev–Trinajstić information content (AvgIpc) is 3.08. The molecule has 0 saturated carbocycles. The van der Waals surface area contributed by atoms with Gasteiger partial charge in [-0.1, -0.05) is 25.8 Å². The SMILES string of the molecule is CCCC(=O)Nc1cccc(SCC(=O)Nc2sc3c(c2C(=O)OC)CCCCCC3)c1. The maximum atomic E-state index is 12.7. The van der Waals surface area contributed by atoms with E-state index in [1.165, 1.54) is 41.5 Å². The van der Waals surface area contributed by atoms with Gasteiger partial charge in [-0.15, -0.1) is 23.1 Å². The highest BCUT2D eigenvalue weighted by Gasteiger charge is 2.25. The lowest BCUT2D eigenvalue weighted by Crippen LogP contribution is -2.16. The van der Waals surface area contributed by atoms with E-state index >= 15 is 0 Å². The van der Waals surface area contributed by atoms with Gasteiger partial charge in [0.1, 0.15) is 5.00 Å². The van der Waals surface area contributed by atoms with E-state index in [0.717, 1.165) is 54.7 Å². The number of rotatable bonds is 8. The molecule has 0 spiro atoms. The van der Waals surface area contributed by atoms with Gasteiger partial charge in [-0.2, -0.15) is 0 Å². The normalized spacial score (nSPS) is 13.4. The minimum atomic E-state index is -0.387. The fourth-order valence-electron chi connectivity index (χ4n) is 3.75. The number of nitrogens with one attached hydrogen (secondary N) is 2. The summed E-state index contributed by atoms with van der Waals surface area (Å²) in [6.45, 7) is 1.96. The van der Waals surface area contributed by atoms with Crippen LogP contribution in [0.5, 0.6) is 0 Å². The summed E-state index contributed by atoms with van der Waals surface area (Å²) in [7, 11) is 1.38. The number of ether oxygens (including phenoxy) is 1. The van der Waals surface area contributed by atoms with Crippen molar-refractivity contribution in [1.82, 2.24) is 0 Å². The number of carbonyl (C=O) groups excluding carboxylic acids is 3. The van der Waals surface area contributed by atoms with E-state index in [9.17, 15) is 14.4 Å². The van der Waals surface area contributed by atoms with E-state index in [-0.39, 0.29) is 23.5 Å². The van der Waals surface area contributed by atoms with Crippen LogP contribution in [-0.4, -0.2) is 30.6 Å². The van der Waals surface area contributed by atoms with Crippen LogP contribution >= 0.6 is 23.1 Å². The number of thioether (sulfide) groups is 1. The molecule has 2 aromatic rings. The number of hydrogen-bond acceptors (Lipinski definition) is 6. The minimum absolute atomic E-state index is 0.0176. The van der Waals surface area contributed by atoms with E-state index in [4.69, 9.17) is 4.74 Å². The summed E-state index contributed by atoms with van der Waals surface area (Å²) < 4.78 is 5.02. The highest BCUT2D eigenvalue weighted by atomic mass is 32.2. The number of amides is 2. The van der Waals surface area contributed by atoms with Crippen molar-refractivity contribution in [3.63, 3.8) is 0 Å². The van der Waals surface area contributed by atoms with Crippen molar-refractivity contribution in [3.8, 4) is 0 Å². The summed E-state index contributed by atoms with van der Waals surface area (Å²) in [6, 6.07) is 7.46. The van der Waals surface area contributed by atoms with Crippen molar-refractivity contribution in [2.45, 2.75) is 63.2 Å². The lowest BCUT2D eigenvalue weighted by atomic mass is 9.96. The zero-order valence-electron chi connectivity index (χ0n) is 18.6. The first-order valence-corrected chi connectivity index (χ1v) is 12.9. The van der Waals surface area contributed by atoms with Gasteiger partial charge in [-0.25, -0.2) is 4.79 Å². The molecule has 1 aromatic heterocycles. The lowest BCUT2D eigenvalue weighted by molar-refractivity contribution is -0.116. The van der Waals surface area contributed by atoms with Crippen LogP contribution in [0.25, 0.3) is 0 Å². The number of esters is 1. The Kier molecular flexibility index (Phi) is 9.17. The Morgan fingerprint density at radius 2 is 1.84 bits per heavy atom. The van der Waals surface area contributed by atoms with Crippen molar-refractivity contribution >= 4 is 51.6 Å². The van der Waals surface area contributed by atoms with E-state index < -0.39 is 0 Å². The molecule has 172 valence electrons. The van der Waals surface area contributed by atoms with Crippen molar-refractivity contribution in [3.05, 3.63) is 40.3 Å². The van der Waals surface area contributed by atoms with Gasteiger partial charge in [0.15, 0.2) is 0 Å². The largest absolute Gasteiger partial charge is 0.465 e. The molecule has 0 radical (unpaired) electrons. The van der Waals surface area contributed by atoms with Gasteiger partial charge in [0.25, 0.3) is 0 Å². The highest BCUT2D eigenvalue weighted by molar-refractivity contribution is 8.00. The fraction of sp³-hybridized carbons (Fsp3) is 0.458. The van der Waals surface area contributed by atoms with Crippen LogP contribution in [0, 0.1) is 0 Å². The molecule has 2 N–H and O–H groups in total. The van der Waals surface area contributed by atoms with Crippen LogP contribution in [0.1, 0.15) is 66.2 Å². The monoisotopic (exact) mass is 474 g/mol. The van der Waals surface area contributed by atoms with E-state index in [0.29, 0.717) is 17.0 Å². The maximum absolute atomic E-state index is 12.7. The molecule has 1 aliphatic rings. The Morgan fingerprint density at radius 3 is 2.59 bits per heavy atom. The van der Waals surface area contributed by atoms with Crippen molar-refractivity contribution in [2.24, 2.45) is 0 Å². The minimum Gasteiger partial charge on any atom is -0.465 e. The number of aryl methyl sites for hydroxylation is 1. The van der Waals surface area contributed by atoms with Gasteiger partial charge in [0.2, 0.25) is 11.8 Å². The van der Waals surface area contributed by atoms with E-state index in [1.807, 2.05) is 31.2 Å². The van der Waals surface area contributed by atoms with Gasteiger partial charge >= 0.3 is 5.97 Å². The first kappa shape index (κ1) is 24.3. The Hall–Kier alpha value is -2.32. The molecular weight excluding hydrogens is 444 g/mol. The van der Waals surface area contributed by atoms with Gasteiger partial charge in [-0.3, -0.25) is 9.59 Å². The Bertz CT molecular complexity index is 971. The lowest BCUT2D eigenvalue weighted by Gasteiger charge is -2.11. The Labute approximate surface area is 197 Å². The summed E-state index contributed by atoms with van der Waals surface area (Å²) in [6.07, 6.45) is 7.55. The van der Waals surface area contributed by atoms with Crippen LogP contribution in [0.2, 0.25) is 0 Å². The smallest absolute Gasteiger partial charge is 0.341 e. The van der Waals surface area contributed by atoms with Gasteiger partial charge < -0.3 is 15.4 Å². The predicted molar refractivity (Wildman–Crippen MR) is 131 cm³/mol. The number of methoxy groups -OCH3 is 1. The molecule has 32 heavy (non-hydrogen) atoms. The molecule has 1 heterocycles. The van der Waals surface area contributed by atoms with Crippen LogP contribution in [0.15, 0.2) is 29.2 Å². The second kappa shape index (κ2) is 12.1. The van der Waals surface area contributed by atoms with Crippen LogP contribution in [0.3, 0.4) is 0 Å². The topological polar surface area (TPSA) is 84.5 Å². The quantitative estimate of drug-likeness (QED) is 0.381. The second-order valence-corrected chi connectivity index (χ2v) is 9.93. The fourth-order valence-corrected chi connectivity index (χ4v) is 5.80. The molecule has 3 rings (SSSR count). The van der Waals surface area contributed by atoms with E-state index in [1.54, 1.807) is 0 Å². The maximum Gasteiger partial charge on any atom is 0.341 e. The zero-order valence-corrected chi connectivity index (χ0v) is 20.3. The summed E-state index contributed by atoms with van der Waals surface area (Å²) in [5, 5.41) is 6.41.